The number of nitrogens with zero attached hydrogens (tertiary/aromatic N) is 1. The lowest BCUT2D eigenvalue weighted by Gasteiger charge is -2.35. The van der Waals surface area contributed by atoms with E-state index in [1.54, 1.807) is 0 Å². The van der Waals surface area contributed by atoms with Crippen molar-refractivity contribution in [1.82, 2.24) is 4.90 Å². The summed E-state index contributed by atoms with van der Waals surface area (Å²) in [4.78, 5) is 25.1. The fraction of sp³-hybridized carbons (Fsp3) is 0.579. The molecule has 0 bridgehead atoms. The highest BCUT2D eigenvalue weighted by molar-refractivity contribution is 5.77. The molecule has 2 rings (SSSR count). The highest BCUT2D eigenvalue weighted by Crippen LogP contribution is 2.22. The van der Waals surface area contributed by atoms with Crippen molar-refractivity contribution in [1.29, 1.82) is 0 Å². The molecule has 1 unspecified atom stereocenters. The van der Waals surface area contributed by atoms with Crippen LogP contribution in [0.3, 0.4) is 0 Å². The number of carbonyl (C=O) groups excluding carboxylic acids is 1. The van der Waals surface area contributed by atoms with Gasteiger partial charge in [0.05, 0.1) is 13.0 Å². The molecule has 5 heteroatoms. The minimum atomic E-state index is -0.800. The summed E-state index contributed by atoms with van der Waals surface area (Å²) in [6.07, 6.45) is 3.95. The van der Waals surface area contributed by atoms with Crippen molar-refractivity contribution in [2.45, 2.75) is 58.4 Å². The maximum atomic E-state index is 12.5. The monoisotopic (exact) mass is 333 g/mol. The number of likely N-dealkylation sites (tertiary alicyclic amines) is 1. The number of amides is 1. The molecule has 1 saturated heterocycles. The summed E-state index contributed by atoms with van der Waals surface area (Å²) in [5, 5.41) is 8.85. The van der Waals surface area contributed by atoms with Crippen LogP contribution < -0.4 is 4.74 Å². The lowest BCUT2D eigenvalue weighted by atomic mass is 9.97. The average Bonchev–Trinajstić information content (AvgIpc) is 2.56. The number of carboxylic acids is 1. The Balaban J connectivity index is 1.83. The molecule has 1 atom stereocenters. The van der Waals surface area contributed by atoms with Gasteiger partial charge in [-0.25, -0.2) is 0 Å². The second-order valence-electron chi connectivity index (χ2n) is 6.51. The van der Waals surface area contributed by atoms with Crippen LogP contribution in [-0.2, 0) is 9.59 Å². The Bertz CT molecular complexity index is 585. The van der Waals surface area contributed by atoms with Crippen molar-refractivity contribution in [2.75, 3.05) is 13.2 Å². The van der Waals surface area contributed by atoms with Crippen LogP contribution in [0.15, 0.2) is 18.2 Å². The molecule has 0 aromatic heterocycles. The molecule has 0 saturated carbocycles. The summed E-state index contributed by atoms with van der Waals surface area (Å²) in [5.41, 5.74) is 2.39. The largest absolute Gasteiger partial charge is 0.493 e. The number of benzene rings is 1. The van der Waals surface area contributed by atoms with E-state index in [0.29, 0.717) is 19.4 Å². The first kappa shape index (κ1) is 18.3. The molecule has 132 valence electrons. The summed E-state index contributed by atoms with van der Waals surface area (Å²) in [6.45, 7) is 5.17. The van der Waals surface area contributed by atoms with E-state index in [0.717, 1.165) is 31.6 Å². The Morgan fingerprint density at radius 3 is 2.71 bits per heavy atom. The third-order valence-electron chi connectivity index (χ3n) is 4.70. The third kappa shape index (κ3) is 5.25. The average molecular weight is 333 g/mol. The summed E-state index contributed by atoms with van der Waals surface area (Å²) in [5.74, 6) is 0.0481. The van der Waals surface area contributed by atoms with E-state index in [4.69, 9.17) is 9.84 Å². The lowest BCUT2D eigenvalue weighted by Crippen LogP contribution is -2.44. The predicted octanol–water partition coefficient (Wildman–Crippen LogP) is 3.32. The number of piperidine rings is 1. The van der Waals surface area contributed by atoms with Crippen LogP contribution >= 0.6 is 0 Å². The number of hydrogen-bond acceptors (Lipinski definition) is 3. The standard InChI is InChI=1S/C19H27NO4/c1-14-6-8-17(13-15(14)2)24-12-10-18(21)20-11-4-3-5-16(20)7-9-19(22)23/h6,8,13,16H,3-5,7,9-12H2,1-2H3,(H,22,23). The van der Waals surface area contributed by atoms with E-state index in [-0.39, 0.29) is 18.4 Å². The molecule has 1 aliphatic rings. The van der Waals surface area contributed by atoms with E-state index in [9.17, 15) is 9.59 Å². The van der Waals surface area contributed by atoms with Crippen LogP contribution in [0, 0.1) is 13.8 Å². The fourth-order valence-electron chi connectivity index (χ4n) is 3.12. The van der Waals surface area contributed by atoms with Crippen LogP contribution in [0.25, 0.3) is 0 Å². The molecule has 5 nitrogen and oxygen atoms in total. The topological polar surface area (TPSA) is 66.8 Å². The summed E-state index contributed by atoms with van der Waals surface area (Å²) in [7, 11) is 0. The fourth-order valence-corrected chi connectivity index (χ4v) is 3.12. The van der Waals surface area contributed by atoms with Crippen molar-refractivity contribution in [3.8, 4) is 5.75 Å². The molecule has 1 N–H and O–H groups in total. The number of aryl methyl sites for hydroxylation is 2. The Labute approximate surface area is 143 Å². The Morgan fingerprint density at radius 2 is 2.00 bits per heavy atom. The number of carbonyl (C=O) groups is 2. The van der Waals surface area contributed by atoms with E-state index in [1.807, 2.05) is 30.0 Å². The first-order valence-corrected chi connectivity index (χ1v) is 8.68. The van der Waals surface area contributed by atoms with E-state index >= 15 is 0 Å². The molecule has 1 aromatic carbocycles. The highest BCUT2D eigenvalue weighted by Gasteiger charge is 2.26. The van der Waals surface area contributed by atoms with Gasteiger partial charge in [-0.2, -0.15) is 0 Å². The van der Waals surface area contributed by atoms with Gasteiger partial charge >= 0.3 is 5.97 Å². The van der Waals surface area contributed by atoms with Gasteiger partial charge in [0.1, 0.15) is 5.75 Å². The number of rotatable bonds is 7. The van der Waals surface area contributed by atoms with Crippen LogP contribution in [0.5, 0.6) is 5.75 Å². The van der Waals surface area contributed by atoms with Crippen LogP contribution in [0.4, 0.5) is 0 Å². The maximum absolute atomic E-state index is 12.5. The van der Waals surface area contributed by atoms with E-state index in [1.165, 1.54) is 11.1 Å². The zero-order valence-electron chi connectivity index (χ0n) is 14.6. The number of hydrogen-bond donors (Lipinski definition) is 1. The van der Waals surface area contributed by atoms with Crippen LogP contribution in [0.1, 0.15) is 49.7 Å². The van der Waals surface area contributed by atoms with E-state index < -0.39 is 5.97 Å². The maximum Gasteiger partial charge on any atom is 0.303 e. The quantitative estimate of drug-likeness (QED) is 0.831. The molecule has 0 aliphatic carbocycles. The van der Waals surface area contributed by atoms with Crippen molar-refractivity contribution >= 4 is 11.9 Å². The second kappa shape index (κ2) is 8.71. The Hall–Kier alpha value is -2.04. The zero-order chi connectivity index (χ0) is 17.5. The van der Waals surface area contributed by atoms with Gasteiger partial charge in [-0.1, -0.05) is 6.07 Å². The van der Waals surface area contributed by atoms with Gasteiger partial charge < -0.3 is 14.7 Å². The molecule has 1 aliphatic heterocycles. The van der Waals surface area contributed by atoms with Crippen molar-refractivity contribution < 1.29 is 19.4 Å². The minimum absolute atomic E-state index is 0.0592. The predicted molar refractivity (Wildman–Crippen MR) is 92.2 cm³/mol. The normalized spacial score (nSPS) is 17.6. The number of aliphatic carboxylic acids is 1. The van der Waals surface area contributed by atoms with Crippen LogP contribution in [-0.4, -0.2) is 41.1 Å². The molecule has 24 heavy (non-hydrogen) atoms. The van der Waals surface area contributed by atoms with Gasteiger partial charge in [-0.05, 0) is 62.8 Å². The Morgan fingerprint density at radius 1 is 1.21 bits per heavy atom. The molecule has 1 aromatic rings. The molecule has 1 fully saturated rings. The summed E-state index contributed by atoms with van der Waals surface area (Å²) in [6, 6.07) is 5.97. The lowest BCUT2D eigenvalue weighted by molar-refractivity contribution is -0.140. The van der Waals surface area contributed by atoms with Gasteiger partial charge in [0.2, 0.25) is 5.91 Å². The van der Waals surface area contributed by atoms with Crippen molar-refractivity contribution in [3.63, 3.8) is 0 Å². The van der Waals surface area contributed by atoms with Crippen molar-refractivity contribution in [3.05, 3.63) is 29.3 Å². The zero-order valence-corrected chi connectivity index (χ0v) is 14.6. The number of carboxylic acid groups (broad SMARTS) is 1. The third-order valence-corrected chi connectivity index (χ3v) is 4.70. The molecule has 0 spiro atoms. The van der Waals surface area contributed by atoms with Crippen LogP contribution in [0.2, 0.25) is 0 Å². The first-order valence-electron chi connectivity index (χ1n) is 8.68. The summed E-state index contributed by atoms with van der Waals surface area (Å²) < 4.78 is 5.70. The highest BCUT2D eigenvalue weighted by atomic mass is 16.5. The van der Waals surface area contributed by atoms with Gasteiger partial charge in [0.25, 0.3) is 0 Å². The SMILES string of the molecule is Cc1ccc(OCCC(=O)N2CCCCC2CCC(=O)O)cc1C. The molecule has 1 amide bonds. The second-order valence-corrected chi connectivity index (χ2v) is 6.51. The first-order chi connectivity index (χ1) is 11.5. The smallest absolute Gasteiger partial charge is 0.303 e. The van der Waals surface area contributed by atoms with E-state index in [2.05, 4.69) is 6.92 Å². The van der Waals surface area contributed by atoms with Gasteiger partial charge in [0.15, 0.2) is 0 Å². The van der Waals surface area contributed by atoms with Gasteiger partial charge in [0, 0.05) is 19.0 Å². The molecular formula is C19H27NO4. The minimum Gasteiger partial charge on any atom is -0.493 e. The molecule has 1 heterocycles. The molecule has 0 radical (unpaired) electrons. The van der Waals surface area contributed by atoms with Gasteiger partial charge in [-0.3, -0.25) is 9.59 Å². The van der Waals surface area contributed by atoms with Gasteiger partial charge in [-0.15, -0.1) is 0 Å². The number of ether oxygens (including phenoxy) is 1. The molecular weight excluding hydrogens is 306 g/mol. The van der Waals surface area contributed by atoms with Crippen molar-refractivity contribution in [2.24, 2.45) is 0 Å². The summed E-state index contributed by atoms with van der Waals surface area (Å²) >= 11 is 0. The Kier molecular flexibility index (Phi) is 6.64.